The molecule has 0 aliphatic carbocycles. The van der Waals surface area contributed by atoms with Crippen molar-refractivity contribution in [2.24, 2.45) is 5.92 Å². The summed E-state index contributed by atoms with van der Waals surface area (Å²) in [5.41, 5.74) is 0. The van der Waals surface area contributed by atoms with Crippen molar-refractivity contribution < 1.29 is 0 Å². The zero-order valence-corrected chi connectivity index (χ0v) is 7.11. The van der Waals surface area contributed by atoms with Gasteiger partial charge in [-0.15, -0.1) is 0 Å². The van der Waals surface area contributed by atoms with E-state index in [0.29, 0.717) is 0 Å². The minimum atomic E-state index is 0.978. The van der Waals surface area contributed by atoms with Crippen molar-refractivity contribution in [3.8, 4) is 0 Å². The van der Waals surface area contributed by atoms with Crippen molar-refractivity contribution in [1.29, 1.82) is 0 Å². The first-order valence-electron chi connectivity index (χ1n) is 4.29. The Bertz CT molecular complexity index is 82.7. The van der Waals surface area contributed by atoms with E-state index in [9.17, 15) is 0 Å². The van der Waals surface area contributed by atoms with Gasteiger partial charge in [-0.05, 0) is 44.2 Å². The molecule has 59 valence electrons. The van der Waals surface area contributed by atoms with E-state index in [1.54, 1.807) is 5.92 Å². The Morgan fingerprint density at radius 1 is 1.30 bits per heavy atom. The highest BCUT2D eigenvalue weighted by atomic mass is 14.9. The summed E-state index contributed by atoms with van der Waals surface area (Å²) in [6.07, 6.45) is 4.11. The topological polar surface area (TPSA) is 12.0 Å². The molecule has 1 aliphatic heterocycles. The Morgan fingerprint density at radius 2 is 1.90 bits per heavy atom. The second kappa shape index (κ2) is 3.97. The normalized spacial score (nSPS) is 21.9. The van der Waals surface area contributed by atoms with Crippen molar-refractivity contribution in [3.63, 3.8) is 0 Å². The summed E-state index contributed by atoms with van der Waals surface area (Å²) >= 11 is 0. The predicted octanol–water partition coefficient (Wildman–Crippen LogP) is 1.99. The highest BCUT2D eigenvalue weighted by Gasteiger charge is 2.13. The maximum absolute atomic E-state index is 3.38. The van der Waals surface area contributed by atoms with E-state index in [0.717, 1.165) is 5.92 Å². The highest BCUT2D eigenvalue weighted by molar-refractivity contribution is 4.82. The van der Waals surface area contributed by atoms with Crippen molar-refractivity contribution in [2.75, 3.05) is 13.1 Å². The smallest absolute Gasteiger partial charge is 0.00463 e. The summed E-state index contributed by atoms with van der Waals surface area (Å²) < 4.78 is 0. The van der Waals surface area contributed by atoms with Gasteiger partial charge in [-0.2, -0.15) is 0 Å². The van der Waals surface area contributed by atoms with Crippen molar-refractivity contribution in [2.45, 2.75) is 33.1 Å². The Hall–Kier alpha value is -0.0400. The third kappa shape index (κ3) is 2.70. The fourth-order valence-electron chi connectivity index (χ4n) is 1.66. The third-order valence-corrected chi connectivity index (χ3v) is 2.16. The molecule has 1 heterocycles. The molecule has 0 saturated carbocycles. The van der Waals surface area contributed by atoms with Gasteiger partial charge in [0.15, 0.2) is 0 Å². The van der Waals surface area contributed by atoms with Crippen LogP contribution in [0.15, 0.2) is 0 Å². The van der Waals surface area contributed by atoms with Crippen molar-refractivity contribution in [3.05, 3.63) is 5.92 Å². The van der Waals surface area contributed by atoms with Crippen LogP contribution in [0, 0.1) is 11.8 Å². The molecule has 1 fully saturated rings. The van der Waals surface area contributed by atoms with Gasteiger partial charge in [0.2, 0.25) is 0 Å². The molecule has 0 unspecified atom stereocenters. The fourth-order valence-corrected chi connectivity index (χ4v) is 1.66. The fraction of sp³-hybridized carbons (Fsp3) is 0.889. The van der Waals surface area contributed by atoms with Crippen LogP contribution in [-0.4, -0.2) is 13.1 Å². The Balaban J connectivity index is 2.13. The average molecular weight is 140 g/mol. The number of nitrogens with one attached hydrogen (secondary N) is 1. The first-order valence-corrected chi connectivity index (χ1v) is 4.29. The Kier molecular flexibility index (Phi) is 3.20. The van der Waals surface area contributed by atoms with Crippen LogP contribution in [0.2, 0.25) is 0 Å². The summed E-state index contributed by atoms with van der Waals surface area (Å²) in [5.74, 6) is 2.57. The summed E-state index contributed by atoms with van der Waals surface area (Å²) in [6, 6.07) is 0. The summed E-state index contributed by atoms with van der Waals surface area (Å²) in [4.78, 5) is 0. The molecular formula is C9H18N. The van der Waals surface area contributed by atoms with Gasteiger partial charge in [-0.25, -0.2) is 0 Å². The zero-order chi connectivity index (χ0) is 7.40. The Morgan fingerprint density at radius 3 is 2.40 bits per heavy atom. The molecule has 1 saturated heterocycles. The lowest BCUT2D eigenvalue weighted by atomic mass is 9.89. The molecule has 10 heavy (non-hydrogen) atoms. The van der Waals surface area contributed by atoms with Crippen molar-refractivity contribution >= 4 is 0 Å². The molecule has 1 nitrogen and oxygen atoms in total. The molecule has 0 aromatic heterocycles. The van der Waals surface area contributed by atoms with E-state index >= 15 is 0 Å². The van der Waals surface area contributed by atoms with Crippen LogP contribution in [0.4, 0.5) is 0 Å². The molecular weight excluding hydrogens is 122 g/mol. The van der Waals surface area contributed by atoms with Gasteiger partial charge in [0.1, 0.15) is 0 Å². The molecule has 0 atom stereocenters. The van der Waals surface area contributed by atoms with Gasteiger partial charge in [0.05, 0.1) is 0 Å². The van der Waals surface area contributed by atoms with Crippen LogP contribution >= 0.6 is 0 Å². The van der Waals surface area contributed by atoms with E-state index in [4.69, 9.17) is 0 Å². The number of hydrogen-bond acceptors (Lipinski definition) is 1. The molecule has 1 rings (SSSR count). The quantitative estimate of drug-likeness (QED) is 0.618. The average Bonchev–Trinajstić information content (AvgIpc) is 1.88. The van der Waals surface area contributed by atoms with Crippen LogP contribution in [0.5, 0.6) is 0 Å². The van der Waals surface area contributed by atoms with E-state index in [1.165, 1.54) is 32.4 Å². The number of hydrogen-bond donors (Lipinski definition) is 1. The first-order chi connectivity index (χ1) is 4.79. The van der Waals surface area contributed by atoms with Gasteiger partial charge in [-0.3, -0.25) is 0 Å². The zero-order valence-electron chi connectivity index (χ0n) is 7.11. The first kappa shape index (κ1) is 8.06. The van der Waals surface area contributed by atoms with Crippen LogP contribution in [0.3, 0.4) is 0 Å². The monoisotopic (exact) mass is 140 g/mol. The largest absolute Gasteiger partial charge is 0.317 e. The molecule has 1 heteroatoms. The van der Waals surface area contributed by atoms with Crippen LogP contribution < -0.4 is 5.32 Å². The molecule has 1 aliphatic rings. The molecule has 0 aromatic rings. The molecule has 1 radical (unpaired) electrons. The summed E-state index contributed by atoms with van der Waals surface area (Å²) in [7, 11) is 0. The van der Waals surface area contributed by atoms with E-state index in [2.05, 4.69) is 19.2 Å². The maximum atomic E-state index is 3.38. The number of piperidine rings is 1. The van der Waals surface area contributed by atoms with Gasteiger partial charge >= 0.3 is 0 Å². The van der Waals surface area contributed by atoms with Gasteiger partial charge in [-0.1, -0.05) is 13.8 Å². The van der Waals surface area contributed by atoms with Crippen molar-refractivity contribution in [1.82, 2.24) is 5.32 Å². The van der Waals surface area contributed by atoms with Gasteiger partial charge in [0, 0.05) is 0 Å². The highest BCUT2D eigenvalue weighted by Crippen LogP contribution is 2.21. The molecule has 0 spiro atoms. The third-order valence-electron chi connectivity index (χ3n) is 2.16. The van der Waals surface area contributed by atoms with E-state index in [1.807, 2.05) is 0 Å². The maximum Gasteiger partial charge on any atom is -0.00463 e. The Labute approximate surface area is 64.2 Å². The molecule has 0 amide bonds. The second-order valence-corrected chi connectivity index (χ2v) is 3.60. The van der Waals surface area contributed by atoms with Crippen LogP contribution in [-0.2, 0) is 0 Å². The molecule has 1 N–H and O–H groups in total. The SMILES string of the molecule is C[C](C)CC1CCNCC1. The minimum Gasteiger partial charge on any atom is -0.317 e. The standard InChI is InChI=1S/C9H18N/c1-8(2)7-9-3-5-10-6-4-9/h9-10H,3-7H2,1-2H3. The lowest BCUT2D eigenvalue weighted by molar-refractivity contribution is 0.360. The summed E-state index contributed by atoms with van der Waals surface area (Å²) in [5, 5.41) is 3.38. The summed E-state index contributed by atoms with van der Waals surface area (Å²) in [6.45, 7) is 6.94. The number of rotatable bonds is 2. The molecule has 0 aromatic carbocycles. The lowest BCUT2D eigenvalue weighted by Crippen LogP contribution is -2.28. The second-order valence-electron chi connectivity index (χ2n) is 3.60. The molecule has 0 bridgehead atoms. The predicted molar refractivity (Wildman–Crippen MR) is 44.8 cm³/mol. The van der Waals surface area contributed by atoms with Crippen LogP contribution in [0.25, 0.3) is 0 Å². The van der Waals surface area contributed by atoms with E-state index < -0.39 is 0 Å². The van der Waals surface area contributed by atoms with Gasteiger partial charge < -0.3 is 5.32 Å². The van der Waals surface area contributed by atoms with E-state index in [-0.39, 0.29) is 0 Å². The minimum absolute atomic E-state index is 0.978. The van der Waals surface area contributed by atoms with Gasteiger partial charge in [0.25, 0.3) is 0 Å². The lowest BCUT2D eigenvalue weighted by Gasteiger charge is -2.23. The van der Waals surface area contributed by atoms with Crippen LogP contribution in [0.1, 0.15) is 33.1 Å².